The molecule has 6 heteroatoms. The first-order chi connectivity index (χ1) is 5.90. The van der Waals surface area contributed by atoms with Crippen LogP contribution in [0, 0.1) is 0 Å². The van der Waals surface area contributed by atoms with Gasteiger partial charge in [-0.3, -0.25) is 10.1 Å². The smallest absolute Gasteiger partial charge is 0.338 e. The summed E-state index contributed by atoms with van der Waals surface area (Å²) in [4.78, 5) is 11.2. The molecule has 0 radical (unpaired) electrons. The minimum atomic E-state index is -2.61. The van der Waals surface area contributed by atoms with Crippen LogP contribution in [-0.4, -0.2) is 18.2 Å². The van der Waals surface area contributed by atoms with Gasteiger partial charge in [0.2, 0.25) is 0 Å². The van der Waals surface area contributed by atoms with E-state index in [-0.39, 0.29) is 0 Å². The van der Waals surface area contributed by atoms with E-state index in [1.807, 2.05) is 6.92 Å². The van der Waals surface area contributed by atoms with Crippen LogP contribution in [0.5, 0.6) is 0 Å². The largest absolute Gasteiger partial charge is 0.464 e. The lowest BCUT2D eigenvalue weighted by Crippen LogP contribution is -2.35. The Morgan fingerprint density at radius 2 is 2.08 bits per heavy atom. The molecule has 13 heavy (non-hydrogen) atoms. The highest BCUT2D eigenvalue weighted by atomic mass is 31.1. The molecule has 1 unspecified atom stereocenters. The first-order valence-electron chi connectivity index (χ1n) is 4.06. The van der Waals surface area contributed by atoms with Crippen molar-refractivity contribution in [3.8, 4) is 0 Å². The molecule has 78 valence electrons. The lowest BCUT2D eigenvalue weighted by molar-refractivity contribution is -0.158. The SMILES string of the molecule is CCCOC(=O)C(C)(C)O[PH](N)=O. The summed E-state index contributed by atoms with van der Waals surface area (Å²) in [7, 11) is -2.61. The number of ether oxygens (including phenoxy) is 1. The molecular weight excluding hydrogens is 193 g/mol. The van der Waals surface area contributed by atoms with Gasteiger partial charge in [0, 0.05) is 0 Å². The van der Waals surface area contributed by atoms with E-state index >= 15 is 0 Å². The third-order valence-electron chi connectivity index (χ3n) is 1.28. The average Bonchev–Trinajstić information content (AvgIpc) is 1.97. The molecule has 0 saturated carbocycles. The summed E-state index contributed by atoms with van der Waals surface area (Å²) in [6.45, 7) is 5.16. The molecule has 0 aliphatic rings. The van der Waals surface area contributed by atoms with Crippen LogP contribution >= 0.6 is 8.18 Å². The molecule has 0 saturated heterocycles. The Morgan fingerprint density at radius 3 is 2.46 bits per heavy atom. The zero-order valence-electron chi connectivity index (χ0n) is 8.12. The molecular formula is C7H16NO4P. The van der Waals surface area contributed by atoms with Crippen molar-refractivity contribution in [1.82, 2.24) is 0 Å². The zero-order valence-corrected chi connectivity index (χ0v) is 9.12. The number of carbonyl (C=O) groups is 1. The van der Waals surface area contributed by atoms with Crippen molar-refractivity contribution in [2.75, 3.05) is 6.61 Å². The van der Waals surface area contributed by atoms with Crippen LogP contribution in [-0.2, 0) is 18.6 Å². The van der Waals surface area contributed by atoms with Crippen molar-refractivity contribution in [2.45, 2.75) is 32.8 Å². The van der Waals surface area contributed by atoms with Gasteiger partial charge in [0.1, 0.15) is 0 Å². The van der Waals surface area contributed by atoms with Crippen LogP contribution < -0.4 is 5.50 Å². The molecule has 0 aromatic carbocycles. The summed E-state index contributed by atoms with van der Waals surface area (Å²) in [6.07, 6.45) is 0.736. The highest BCUT2D eigenvalue weighted by Gasteiger charge is 2.31. The molecule has 0 aliphatic heterocycles. The summed E-state index contributed by atoms with van der Waals surface area (Å²) in [6, 6.07) is 0. The second-order valence-electron chi connectivity index (χ2n) is 3.07. The quantitative estimate of drug-likeness (QED) is 0.541. The molecule has 2 N–H and O–H groups in total. The number of carbonyl (C=O) groups excluding carboxylic acids is 1. The lowest BCUT2D eigenvalue weighted by Gasteiger charge is -2.21. The Kier molecular flexibility index (Phi) is 5.21. The van der Waals surface area contributed by atoms with Gasteiger partial charge in [0.15, 0.2) is 5.60 Å². The molecule has 0 rings (SSSR count). The molecule has 0 aliphatic carbocycles. The fraction of sp³-hybridized carbons (Fsp3) is 0.857. The minimum Gasteiger partial charge on any atom is -0.464 e. The maximum Gasteiger partial charge on any atom is 0.338 e. The number of hydrogen-bond donors (Lipinski definition) is 1. The Labute approximate surface area is 78.5 Å². The summed E-state index contributed by atoms with van der Waals surface area (Å²) in [5, 5.41) is 0. The fourth-order valence-electron chi connectivity index (χ4n) is 0.662. The molecule has 0 spiro atoms. The Bertz CT molecular complexity index is 205. The van der Waals surface area contributed by atoms with E-state index in [0.717, 1.165) is 6.42 Å². The van der Waals surface area contributed by atoms with Crippen molar-refractivity contribution in [3.63, 3.8) is 0 Å². The molecule has 0 bridgehead atoms. The van der Waals surface area contributed by atoms with Gasteiger partial charge in [-0.1, -0.05) is 6.92 Å². The number of esters is 1. The van der Waals surface area contributed by atoms with E-state index in [2.05, 4.69) is 0 Å². The molecule has 0 fully saturated rings. The third-order valence-corrected chi connectivity index (χ3v) is 2.00. The van der Waals surface area contributed by atoms with Crippen molar-refractivity contribution >= 4 is 14.1 Å². The Hall–Kier alpha value is -0.380. The van der Waals surface area contributed by atoms with E-state index in [1.165, 1.54) is 13.8 Å². The molecule has 0 amide bonds. The van der Waals surface area contributed by atoms with Gasteiger partial charge in [-0.2, -0.15) is 0 Å². The van der Waals surface area contributed by atoms with Crippen LogP contribution in [0.4, 0.5) is 0 Å². The molecule has 1 atom stereocenters. The first-order valence-corrected chi connectivity index (χ1v) is 5.45. The predicted molar refractivity (Wildman–Crippen MR) is 49.6 cm³/mol. The number of nitrogens with two attached hydrogens (primary N) is 1. The van der Waals surface area contributed by atoms with Gasteiger partial charge in [0.25, 0.3) is 8.18 Å². The van der Waals surface area contributed by atoms with Gasteiger partial charge < -0.3 is 9.26 Å². The van der Waals surface area contributed by atoms with Crippen molar-refractivity contribution in [1.29, 1.82) is 0 Å². The van der Waals surface area contributed by atoms with E-state index in [4.69, 9.17) is 14.8 Å². The molecule has 0 heterocycles. The van der Waals surface area contributed by atoms with Crippen LogP contribution in [0.1, 0.15) is 27.2 Å². The Morgan fingerprint density at radius 1 is 1.54 bits per heavy atom. The Balaban J connectivity index is 4.10. The minimum absolute atomic E-state index is 0.330. The van der Waals surface area contributed by atoms with Crippen molar-refractivity contribution in [2.24, 2.45) is 5.50 Å². The van der Waals surface area contributed by atoms with Gasteiger partial charge in [-0.05, 0) is 20.3 Å². The van der Waals surface area contributed by atoms with Crippen LogP contribution in [0.3, 0.4) is 0 Å². The van der Waals surface area contributed by atoms with Crippen LogP contribution in [0.15, 0.2) is 0 Å². The topological polar surface area (TPSA) is 78.6 Å². The summed E-state index contributed by atoms with van der Waals surface area (Å²) >= 11 is 0. The fourth-order valence-corrected chi connectivity index (χ4v) is 1.25. The average molecular weight is 209 g/mol. The highest BCUT2D eigenvalue weighted by Crippen LogP contribution is 2.23. The highest BCUT2D eigenvalue weighted by molar-refractivity contribution is 7.36. The summed E-state index contributed by atoms with van der Waals surface area (Å²) in [5.41, 5.74) is 3.74. The second-order valence-corrected chi connectivity index (χ2v) is 3.91. The molecule has 0 aromatic heterocycles. The van der Waals surface area contributed by atoms with E-state index in [9.17, 15) is 9.36 Å². The van der Waals surface area contributed by atoms with Crippen LogP contribution in [0.25, 0.3) is 0 Å². The number of rotatable bonds is 5. The monoisotopic (exact) mass is 209 g/mol. The summed E-state index contributed by atoms with van der Waals surface area (Å²) in [5.74, 6) is -0.543. The van der Waals surface area contributed by atoms with Crippen LogP contribution in [0.2, 0.25) is 0 Å². The maximum atomic E-state index is 11.2. The first kappa shape index (κ1) is 12.6. The van der Waals surface area contributed by atoms with Gasteiger partial charge in [-0.25, -0.2) is 4.79 Å². The lowest BCUT2D eigenvalue weighted by atomic mass is 10.1. The van der Waals surface area contributed by atoms with Crippen molar-refractivity contribution < 1.29 is 18.6 Å². The van der Waals surface area contributed by atoms with E-state index in [1.54, 1.807) is 0 Å². The standard InChI is InChI=1S/C7H16NO4P/c1-4-5-11-6(9)7(2,3)12-13(8)10/h13H,4-5H2,1-3H3,(H2,8,10). The van der Waals surface area contributed by atoms with E-state index < -0.39 is 19.7 Å². The predicted octanol–water partition coefficient (Wildman–Crippen LogP) is 1.08. The summed E-state index contributed by atoms with van der Waals surface area (Å²) < 4.78 is 20.1. The molecule has 5 nitrogen and oxygen atoms in total. The van der Waals surface area contributed by atoms with Crippen molar-refractivity contribution in [3.05, 3.63) is 0 Å². The van der Waals surface area contributed by atoms with Gasteiger partial charge in [-0.15, -0.1) is 0 Å². The normalized spacial score (nSPS) is 13.8. The second kappa shape index (κ2) is 5.37. The number of hydrogen-bond acceptors (Lipinski definition) is 4. The zero-order chi connectivity index (χ0) is 10.5. The van der Waals surface area contributed by atoms with Gasteiger partial charge >= 0.3 is 5.97 Å². The maximum absolute atomic E-state index is 11.2. The third kappa shape index (κ3) is 5.03. The van der Waals surface area contributed by atoms with Gasteiger partial charge in [0.05, 0.1) is 6.61 Å². The van der Waals surface area contributed by atoms with E-state index in [0.29, 0.717) is 6.61 Å². The molecule has 0 aromatic rings.